The van der Waals surface area contributed by atoms with E-state index in [0.717, 1.165) is 36.9 Å². The van der Waals surface area contributed by atoms with Crippen LogP contribution in [0.25, 0.3) is 11.0 Å². The number of likely N-dealkylation sites (tertiary alicyclic amines) is 1. The van der Waals surface area contributed by atoms with Gasteiger partial charge in [-0.2, -0.15) is 0 Å². The molecule has 2 amide bonds. The Bertz CT molecular complexity index is 1310. The highest BCUT2D eigenvalue weighted by Crippen LogP contribution is 2.31. The predicted octanol–water partition coefficient (Wildman–Crippen LogP) is 5.78. The highest BCUT2D eigenvalue weighted by Gasteiger charge is 2.22. The van der Waals surface area contributed by atoms with Crippen molar-refractivity contribution in [1.29, 1.82) is 0 Å². The van der Waals surface area contributed by atoms with E-state index in [-0.39, 0.29) is 17.6 Å². The van der Waals surface area contributed by atoms with Crippen LogP contribution in [-0.2, 0) is 5.75 Å². The monoisotopic (exact) mass is 486 g/mol. The third-order valence-corrected chi connectivity index (χ3v) is 6.98. The van der Waals surface area contributed by atoms with Gasteiger partial charge in [0.15, 0.2) is 10.9 Å². The van der Waals surface area contributed by atoms with Gasteiger partial charge in [0.2, 0.25) is 0 Å². The number of fused-ring (bicyclic) bond motifs is 1. The van der Waals surface area contributed by atoms with Crippen molar-refractivity contribution >= 4 is 40.2 Å². The fraction of sp³-hybridized carbons (Fsp3) is 0.259. The molecule has 1 fully saturated rings. The summed E-state index contributed by atoms with van der Waals surface area (Å²) in [5.41, 5.74) is 2.69. The Labute approximate surface area is 207 Å². The Morgan fingerprint density at radius 1 is 0.914 bits per heavy atom. The molecule has 4 aromatic rings. The summed E-state index contributed by atoms with van der Waals surface area (Å²) in [7, 11) is 0. The SMILES string of the molecule is O=C(Nc1ccc(C(=O)N2CCCCCC2)cc1)c1oc2ccccc2c1CSc1ncccn1. The molecule has 0 saturated carbocycles. The summed E-state index contributed by atoms with van der Waals surface area (Å²) in [5, 5.41) is 4.44. The molecule has 0 unspecified atom stereocenters. The van der Waals surface area contributed by atoms with Crippen LogP contribution in [0.3, 0.4) is 0 Å². The Hall–Kier alpha value is -3.65. The molecular formula is C27H26N4O3S. The van der Waals surface area contributed by atoms with E-state index in [0.29, 0.717) is 27.7 Å². The summed E-state index contributed by atoms with van der Waals surface area (Å²) in [4.78, 5) is 36.5. The number of amides is 2. The number of hydrogen-bond acceptors (Lipinski definition) is 6. The molecule has 0 bridgehead atoms. The van der Waals surface area contributed by atoms with Gasteiger partial charge in [0, 0.05) is 53.4 Å². The number of carbonyl (C=O) groups excluding carboxylic acids is 2. The maximum absolute atomic E-state index is 13.2. The number of furan rings is 1. The Kier molecular flexibility index (Phi) is 7.09. The van der Waals surface area contributed by atoms with Crippen molar-refractivity contribution in [2.45, 2.75) is 36.6 Å². The van der Waals surface area contributed by atoms with Crippen LogP contribution in [-0.4, -0.2) is 39.8 Å². The molecule has 1 saturated heterocycles. The number of nitrogens with zero attached hydrogens (tertiary/aromatic N) is 3. The third-order valence-electron chi connectivity index (χ3n) is 6.08. The molecule has 2 aromatic heterocycles. The van der Waals surface area contributed by atoms with E-state index in [4.69, 9.17) is 4.42 Å². The van der Waals surface area contributed by atoms with Crippen LogP contribution in [0.5, 0.6) is 0 Å². The first-order chi connectivity index (χ1) is 17.2. The highest BCUT2D eigenvalue weighted by atomic mass is 32.2. The lowest BCUT2D eigenvalue weighted by Gasteiger charge is -2.20. The van der Waals surface area contributed by atoms with Gasteiger partial charge >= 0.3 is 0 Å². The maximum atomic E-state index is 13.2. The molecule has 1 aliphatic rings. The Morgan fingerprint density at radius 2 is 1.63 bits per heavy atom. The number of rotatable bonds is 6. The van der Waals surface area contributed by atoms with Crippen LogP contribution in [0.15, 0.2) is 76.6 Å². The number of thioether (sulfide) groups is 1. The van der Waals surface area contributed by atoms with E-state index in [1.54, 1.807) is 42.7 Å². The van der Waals surface area contributed by atoms with E-state index < -0.39 is 0 Å². The van der Waals surface area contributed by atoms with Gasteiger partial charge < -0.3 is 14.6 Å². The summed E-state index contributed by atoms with van der Waals surface area (Å²) >= 11 is 1.45. The van der Waals surface area contributed by atoms with Crippen LogP contribution >= 0.6 is 11.8 Å². The molecule has 5 rings (SSSR count). The Balaban J connectivity index is 1.32. The standard InChI is InChI=1S/C27H26N4O3S/c32-25(30-20-12-10-19(11-13-20)26(33)31-16-5-1-2-6-17-31)24-22(18-35-27-28-14-7-15-29-27)21-8-3-4-9-23(21)34-24/h3-4,7-15H,1-2,5-6,16-18H2,(H,30,32). The minimum atomic E-state index is -0.336. The first-order valence-electron chi connectivity index (χ1n) is 11.8. The number of benzene rings is 2. The van der Waals surface area contributed by atoms with Crippen molar-refractivity contribution in [1.82, 2.24) is 14.9 Å². The molecule has 3 heterocycles. The minimum absolute atomic E-state index is 0.0458. The number of hydrogen-bond donors (Lipinski definition) is 1. The second kappa shape index (κ2) is 10.7. The van der Waals surface area contributed by atoms with Gasteiger partial charge in [-0.05, 0) is 49.2 Å². The lowest BCUT2D eigenvalue weighted by atomic mass is 10.1. The van der Waals surface area contributed by atoms with Crippen LogP contribution in [0.4, 0.5) is 5.69 Å². The number of nitrogens with one attached hydrogen (secondary N) is 1. The van der Waals surface area contributed by atoms with Gasteiger partial charge in [-0.25, -0.2) is 9.97 Å². The molecule has 1 aliphatic heterocycles. The van der Waals surface area contributed by atoms with E-state index >= 15 is 0 Å². The molecule has 2 aromatic carbocycles. The molecule has 0 spiro atoms. The first kappa shape index (κ1) is 23.1. The zero-order chi connectivity index (χ0) is 24.0. The fourth-order valence-electron chi connectivity index (χ4n) is 4.26. The predicted molar refractivity (Wildman–Crippen MR) is 137 cm³/mol. The number of aromatic nitrogens is 2. The minimum Gasteiger partial charge on any atom is -0.451 e. The van der Waals surface area contributed by atoms with Crippen molar-refractivity contribution in [3.8, 4) is 0 Å². The molecule has 1 N–H and O–H groups in total. The van der Waals surface area contributed by atoms with Crippen molar-refractivity contribution < 1.29 is 14.0 Å². The second-order valence-corrected chi connectivity index (χ2v) is 9.41. The molecule has 8 heteroatoms. The number of anilines is 1. The van der Waals surface area contributed by atoms with Crippen molar-refractivity contribution in [3.05, 3.63) is 83.9 Å². The molecule has 0 atom stereocenters. The molecular weight excluding hydrogens is 460 g/mol. The molecule has 0 aliphatic carbocycles. The zero-order valence-corrected chi connectivity index (χ0v) is 20.1. The molecule has 0 radical (unpaired) electrons. The number of carbonyl (C=O) groups is 2. The summed E-state index contributed by atoms with van der Waals surface area (Å²) in [6.45, 7) is 1.61. The highest BCUT2D eigenvalue weighted by molar-refractivity contribution is 7.98. The third kappa shape index (κ3) is 5.38. The molecule has 178 valence electrons. The van der Waals surface area contributed by atoms with Gasteiger partial charge in [0.25, 0.3) is 11.8 Å². The fourth-order valence-corrected chi connectivity index (χ4v) is 5.09. The van der Waals surface area contributed by atoms with Gasteiger partial charge in [-0.3, -0.25) is 9.59 Å². The van der Waals surface area contributed by atoms with Crippen LogP contribution in [0.2, 0.25) is 0 Å². The van der Waals surface area contributed by atoms with E-state index in [1.807, 2.05) is 29.2 Å². The van der Waals surface area contributed by atoms with E-state index in [9.17, 15) is 9.59 Å². The van der Waals surface area contributed by atoms with Crippen molar-refractivity contribution in [3.63, 3.8) is 0 Å². The summed E-state index contributed by atoms with van der Waals surface area (Å²) in [5.74, 6) is 0.466. The van der Waals surface area contributed by atoms with Gasteiger partial charge in [-0.15, -0.1) is 0 Å². The average Bonchev–Trinajstić information content (AvgIpc) is 3.06. The lowest BCUT2D eigenvalue weighted by Crippen LogP contribution is -2.31. The summed E-state index contributed by atoms with van der Waals surface area (Å²) in [6, 6.07) is 16.4. The van der Waals surface area contributed by atoms with Gasteiger partial charge in [-0.1, -0.05) is 42.8 Å². The topological polar surface area (TPSA) is 88.3 Å². The van der Waals surface area contributed by atoms with Crippen LogP contribution in [0, 0.1) is 0 Å². The maximum Gasteiger partial charge on any atom is 0.291 e. The largest absolute Gasteiger partial charge is 0.451 e. The van der Waals surface area contributed by atoms with Crippen LogP contribution in [0.1, 0.15) is 52.2 Å². The quantitative estimate of drug-likeness (QED) is 0.274. The van der Waals surface area contributed by atoms with Crippen LogP contribution < -0.4 is 5.32 Å². The summed E-state index contributed by atoms with van der Waals surface area (Å²) in [6.07, 6.45) is 7.84. The van der Waals surface area contributed by atoms with E-state index in [2.05, 4.69) is 15.3 Å². The first-order valence-corrected chi connectivity index (χ1v) is 12.8. The normalized spacial score (nSPS) is 14.0. The summed E-state index contributed by atoms with van der Waals surface area (Å²) < 4.78 is 5.95. The zero-order valence-electron chi connectivity index (χ0n) is 19.3. The average molecular weight is 487 g/mol. The molecule has 7 nitrogen and oxygen atoms in total. The lowest BCUT2D eigenvalue weighted by molar-refractivity contribution is 0.0761. The number of para-hydroxylation sites is 1. The van der Waals surface area contributed by atoms with E-state index in [1.165, 1.54) is 24.6 Å². The van der Waals surface area contributed by atoms with Gasteiger partial charge in [0.05, 0.1) is 0 Å². The molecule has 35 heavy (non-hydrogen) atoms. The van der Waals surface area contributed by atoms with Gasteiger partial charge in [0.1, 0.15) is 5.58 Å². The van der Waals surface area contributed by atoms with Crippen molar-refractivity contribution in [2.75, 3.05) is 18.4 Å². The second-order valence-electron chi connectivity index (χ2n) is 8.46. The Morgan fingerprint density at radius 3 is 2.37 bits per heavy atom. The smallest absolute Gasteiger partial charge is 0.291 e. The van der Waals surface area contributed by atoms with Crippen molar-refractivity contribution in [2.24, 2.45) is 0 Å².